The number of aldehydes is 1. The molecule has 0 aromatic heterocycles. The molecular weight excluding hydrogens is 349 g/mol. The van der Waals surface area contributed by atoms with Gasteiger partial charge < -0.3 is 14.4 Å². The number of piperazine rings is 1. The Morgan fingerprint density at radius 3 is 2.31 bits per heavy atom. The number of rotatable bonds is 7. The third kappa shape index (κ3) is 6.33. The van der Waals surface area contributed by atoms with Crippen LogP contribution >= 0.6 is 0 Å². The second-order valence-electron chi connectivity index (χ2n) is 6.24. The molecule has 0 bridgehead atoms. The number of unbranched alkanes of at least 4 members (excludes halogenated alkanes) is 2. The predicted molar refractivity (Wildman–Crippen MR) is 89.6 cm³/mol. The molecule has 1 aromatic carbocycles. The van der Waals surface area contributed by atoms with Crippen LogP contribution in [0.25, 0.3) is 0 Å². The van der Waals surface area contributed by atoms with Crippen LogP contribution in [0.2, 0.25) is 0 Å². The van der Waals surface area contributed by atoms with Gasteiger partial charge in [0.25, 0.3) is 0 Å². The van der Waals surface area contributed by atoms with Gasteiger partial charge in [-0.1, -0.05) is 12.1 Å². The molecule has 8 heteroatoms. The topological polar surface area (TPSA) is 49.9 Å². The van der Waals surface area contributed by atoms with Gasteiger partial charge in [-0.2, -0.15) is 13.2 Å². The van der Waals surface area contributed by atoms with Crippen molar-refractivity contribution in [2.75, 3.05) is 32.7 Å². The summed E-state index contributed by atoms with van der Waals surface area (Å²) in [5, 5.41) is 0. The van der Waals surface area contributed by atoms with E-state index in [2.05, 4.69) is 4.90 Å². The van der Waals surface area contributed by atoms with Crippen molar-refractivity contribution in [1.29, 1.82) is 0 Å². The molecule has 0 atom stereocenters. The van der Waals surface area contributed by atoms with Gasteiger partial charge in [0.05, 0.1) is 5.56 Å². The van der Waals surface area contributed by atoms with Crippen LogP contribution in [0.5, 0.6) is 0 Å². The van der Waals surface area contributed by atoms with Crippen molar-refractivity contribution in [1.82, 2.24) is 9.80 Å². The van der Waals surface area contributed by atoms with Crippen molar-refractivity contribution >= 4 is 12.4 Å². The van der Waals surface area contributed by atoms with E-state index in [0.29, 0.717) is 25.1 Å². The molecule has 1 fully saturated rings. The zero-order valence-corrected chi connectivity index (χ0v) is 14.5. The number of benzene rings is 1. The molecule has 5 nitrogen and oxygen atoms in total. The van der Waals surface area contributed by atoms with Crippen LogP contribution in [0.15, 0.2) is 24.3 Å². The zero-order chi connectivity index (χ0) is 19.0. The van der Waals surface area contributed by atoms with Crippen molar-refractivity contribution < 1.29 is 27.5 Å². The van der Waals surface area contributed by atoms with Crippen LogP contribution in [0.4, 0.5) is 18.0 Å². The summed E-state index contributed by atoms with van der Waals surface area (Å²) < 4.78 is 42.7. The lowest BCUT2D eigenvalue weighted by molar-refractivity contribution is -0.137. The first-order valence-electron chi connectivity index (χ1n) is 8.64. The molecule has 0 N–H and O–H groups in total. The van der Waals surface area contributed by atoms with Crippen LogP contribution in [0.3, 0.4) is 0 Å². The lowest BCUT2D eigenvalue weighted by Crippen LogP contribution is -2.48. The number of nitrogens with zero attached hydrogens (tertiary/aromatic N) is 2. The monoisotopic (exact) mass is 372 g/mol. The fourth-order valence-corrected chi connectivity index (χ4v) is 2.74. The van der Waals surface area contributed by atoms with Gasteiger partial charge in [-0.3, -0.25) is 4.90 Å². The molecule has 0 aliphatic carbocycles. The van der Waals surface area contributed by atoms with Crippen LogP contribution < -0.4 is 0 Å². The molecule has 0 radical (unpaired) electrons. The summed E-state index contributed by atoms with van der Waals surface area (Å²) in [5.74, 6) is 0. The fourth-order valence-electron chi connectivity index (χ4n) is 2.74. The van der Waals surface area contributed by atoms with Crippen LogP contribution in [-0.4, -0.2) is 54.9 Å². The summed E-state index contributed by atoms with van der Waals surface area (Å²) in [6.07, 6.45) is -1.50. The number of alkyl halides is 3. The highest BCUT2D eigenvalue weighted by atomic mass is 19.4. The van der Waals surface area contributed by atoms with Crippen molar-refractivity contribution in [3.63, 3.8) is 0 Å². The Bertz CT molecular complexity index is 582. The van der Waals surface area contributed by atoms with Gasteiger partial charge in [0.15, 0.2) is 0 Å². The number of hydrogen-bond acceptors (Lipinski definition) is 4. The molecule has 26 heavy (non-hydrogen) atoms. The Kier molecular flexibility index (Phi) is 7.44. The maximum Gasteiger partial charge on any atom is 0.416 e. The van der Waals surface area contributed by atoms with Crippen LogP contribution in [0.1, 0.15) is 30.4 Å². The normalized spacial score (nSPS) is 15.7. The second-order valence-corrected chi connectivity index (χ2v) is 6.24. The summed E-state index contributed by atoms with van der Waals surface area (Å²) >= 11 is 0. The minimum atomic E-state index is -4.37. The molecule has 1 saturated heterocycles. The molecule has 0 unspecified atom stereocenters. The summed E-state index contributed by atoms with van der Waals surface area (Å²) in [7, 11) is 0. The molecule has 2 rings (SSSR count). The van der Waals surface area contributed by atoms with Gasteiger partial charge in [0.1, 0.15) is 12.9 Å². The van der Waals surface area contributed by atoms with Gasteiger partial charge in [0.2, 0.25) is 0 Å². The fraction of sp³-hybridized carbons (Fsp3) is 0.556. The number of ether oxygens (including phenoxy) is 1. The van der Waals surface area contributed by atoms with Gasteiger partial charge in [0, 0.05) is 32.6 Å². The average molecular weight is 372 g/mol. The standard InChI is InChI=1S/C18H23F3N2O3/c19-18(20,21)16-6-4-15(5-7-16)14-26-17(25)23-11-9-22(10-12-23)8-2-1-3-13-24/h4-7,13H,1-3,8-12,14H2. The summed E-state index contributed by atoms with van der Waals surface area (Å²) in [5.41, 5.74) is -0.211. The first kappa shape index (κ1) is 20.2. The van der Waals surface area contributed by atoms with Crippen molar-refractivity contribution in [3.8, 4) is 0 Å². The molecule has 1 aromatic rings. The zero-order valence-electron chi connectivity index (χ0n) is 14.5. The van der Waals surface area contributed by atoms with E-state index in [1.807, 2.05) is 0 Å². The molecule has 1 heterocycles. The van der Waals surface area contributed by atoms with E-state index >= 15 is 0 Å². The minimum absolute atomic E-state index is 0.0527. The Balaban J connectivity index is 1.70. The van der Waals surface area contributed by atoms with E-state index in [4.69, 9.17) is 4.74 Å². The van der Waals surface area contributed by atoms with Crippen molar-refractivity contribution in [3.05, 3.63) is 35.4 Å². The summed E-state index contributed by atoms with van der Waals surface area (Å²) in [4.78, 5) is 26.2. The lowest BCUT2D eigenvalue weighted by atomic mass is 10.1. The van der Waals surface area contributed by atoms with Crippen molar-refractivity contribution in [2.24, 2.45) is 0 Å². The third-order valence-corrected chi connectivity index (χ3v) is 4.32. The molecular formula is C18H23F3N2O3. The Morgan fingerprint density at radius 2 is 1.73 bits per heavy atom. The quantitative estimate of drug-likeness (QED) is 0.544. The second kappa shape index (κ2) is 9.56. The molecule has 1 aliphatic rings. The largest absolute Gasteiger partial charge is 0.445 e. The van der Waals surface area contributed by atoms with E-state index in [1.54, 1.807) is 4.90 Å². The van der Waals surface area contributed by atoms with E-state index in [1.165, 1.54) is 12.1 Å². The maximum absolute atomic E-state index is 12.5. The maximum atomic E-state index is 12.5. The smallest absolute Gasteiger partial charge is 0.416 e. The summed E-state index contributed by atoms with van der Waals surface area (Å²) in [6.45, 7) is 3.46. The lowest BCUT2D eigenvalue weighted by Gasteiger charge is -2.34. The van der Waals surface area contributed by atoms with E-state index in [9.17, 15) is 22.8 Å². The number of amides is 1. The highest BCUT2D eigenvalue weighted by molar-refractivity contribution is 5.67. The molecule has 1 aliphatic heterocycles. The van der Waals surface area contributed by atoms with Crippen LogP contribution in [-0.2, 0) is 22.3 Å². The van der Waals surface area contributed by atoms with Gasteiger partial charge in [-0.15, -0.1) is 0 Å². The molecule has 0 spiro atoms. The van der Waals surface area contributed by atoms with E-state index in [0.717, 1.165) is 50.9 Å². The van der Waals surface area contributed by atoms with Crippen LogP contribution in [0, 0.1) is 0 Å². The number of halogens is 3. The molecule has 1 amide bonds. The average Bonchev–Trinajstić information content (AvgIpc) is 2.63. The van der Waals surface area contributed by atoms with E-state index in [-0.39, 0.29) is 6.61 Å². The summed E-state index contributed by atoms with van der Waals surface area (Å²) in [6, 6.07) is 4.58. The highest BCUT2D eigenvalue weighted by Crippen LogP contribution is 2.29. The highest BCUT2D eigenvalue weighted by Gasteiger charge is 2.30. The Labute approximate surface area is 150 Å². The minimum Gasteiger partial charge on any atom is -0.445 e. The third-order valence-electron chi connectivity index (χ3n) is 4.32. The van der Waals surface area contributed by atoms with Gasteiger partial charge in [-0.05, 0) is 37.1 Å². The van der Waals surface area contributed by atoms with Gasteiger partial charge >= 0.3 is 12.3 Å². The van der Waals surface area contributed by atoms with Gasteiger partial charge in [-0.25, -0.2) is 4.79 Å². The number of hydrogen-bond donors (Lipinski definition) is 0. The first-order valence-corrected chi connectivity index (χ1v) is 8.64. The number of carbonyl (C=O) groups is 2. The number of carbonyl (C=O) groups excluding carboxylic acids is 2. The SMILES string of the molecule is O=CCCCCN1CCN(C(=O)OCc2ccc(C(F)(F)F)cc2)CC1. The Morgan fingerprint density at radius 1 is 1.08 bits per heavy atom. The van der Waals surface area contributed by atoms with Crippen molar-refractivity contribution in [2.45, 2.75) is 32.0 Å². The van der Waals surface area contributed by atoms with E-state index < -0.39 is 17.8 Å². The first-order chi connectivity index (χ1) is 12.4. The predicted octanol–water partition coefficient (Wildman–Crippen LogP) is 3.33. The molecule has 0 saturated carbocycles. The molecule has 144 valence electrons. The Hall–Kier alpha value is -2.09.